The predicted octanol–water partition coefficient (Wildman–Crippen LogP) is 4.31. The van der Waals surface area contributed by atoms with Crippen LogP contribution in [0.1, 0.15) is 25.0 Å². The first-order valence-corrected chi connectivity index (χ1v) is 13.1. The fraction of sp³-hybridized carbons (Fsp3) is 0.296. The highest BCUT2D eigenvalue weighted by molar-refractivity contribution is 7.92. The Morgan fingerprint density at radius 1 is 0.889 bits per heavy atom. The number of nitrogens with zero attached hydrogens (tertiary/aromatic N) is 1. The highest BCUT2D eigenvalue weighted by atomic mass is 32.2. The molecule has 0 unspecified atom stereocenters. The largest absolute Gasteiger partial charge is 0.497 e. The Bertz CT molecular complexity index is 1260. The second kappa shape index (κ2) is 12.3. The molecule has 3 rings (SSSR count). The molecule has 0 aliphatic heterocycles. The van der Waals surface area contributed by atoms with E-state index in [9.17, 15) is 13.2 Å². The number of methoxy groups -OCH3 is 1. The minimum atomic E-state index is -4.00. The molecule has 0 aromatic heterocycles. The van der Waals surface area contributed by atoms with Crippen LogP contribution in [0, 0.1) is 6.92 Å². The highest BCUT2D eigenvalue weighted by Gasteiger charge is 2.27. The van der Waals surface area contributed by atoms with Crippen LogP contribution in [0.3, 0.4) is 0 Å². The predicted molar refractivity (Wildman–Crippen MR) is 139 cm³/mol. The summed E-state index contributed by atoms with van der Waals surface area (Å²) in [6.07, 6.45) is 0. The van der Waals surface area contributed by atoms with Crippen molar-refractivity contribution in [1.29, 1.82) is 0 Å². The zero-order chi connectivity index (χ0) is 26.1. The van der Waals surface area contributed by atoms with Gasteiger partial charge < -0.3 is 19.5 Å². The monoisotopic (exact) mass is 512 g/mol. The number of carbonyl (C=O) groups excluding carboxylic acids is 1. The van der Waals surface area contributed by atoms with Gasteiger partial charge in [-0.2, -0.15) is 0 Å². The zero-order valence-corrected chi connectivity index (χ0v) is 21.8. The van der Waals surface area contributed by atoms with Crippen LogP contribution in [0.5, 0.6) is 17.2 Å². The van der Waals surface area contributed by atoms with E-state index in [0.717, 1.165) is 15.4 Å². The van der Waals surface area contributed by atoms with Gasteiger partial charge in [-0.15, -0.1) is 0 Å². The maximum absolute atomic E-state index is 13.5. The molecule has 0 radical (unpaired) electrons. The summed E-state index contributed by atoms with van der Waals surface area (Å²) in [6.45, 7) is 6.44. The number of rotatable bonds is 12. The molecule has 0 atom stereocenters. The fourth-order valence-corrected chi connectivity index (χ4v) is 4.91. The molecule has 0 spiro atoms. The van der Waals surface area contributed by atoms with Crippen molar-refractivity contribution in [3.63, 3.8) is 0 Å². The van der Waals surface area contributed by atoms with E-state index < -0.39 is 22.5 Å². The molecule has 192 valence electrons. The van der Waals surface area contributed by atoms with Gasteiger partial charge in [0, 0.05) is 6.54 Å². The molecule has 3 aromatic rings. The maximum Gasteiger partial charge on any atom is 0.264 e. The van der Waals surface area contributed by atoms with Gasteiger partial charge in [-0.1, -0.05) is 23.8 Å². The van der Waals surface area contributed by atoms with Crippen molar-refractivity contribution in [3.05, 3.63) is 77.9 Å². The van der Waals surface area contributed by atoms with E-state index in [2.05, 4.69) is 5.32 Å². The van der Waals surface area contributed by atoms with Crippen molar-refractivity contribution >= 4 is 21.6 Å². The SMILES string of the molecule is CCOc1ccc(CNC(=O)CN(c2ccc(OC)cc2)S(=O)(=O)c2ccc(C)cc2)cc1OCC. The number of anilines is 1. The van der Waals surface area contributed by atoms with E-state index in [-0.39, 0.29) is 11.4 Å². The molecule has 0 bridgehead atoms. The van der Waals surface area contributed by atoms with Crippen LogP contribution in [0.15, 0.2) is 71.6 Å². The Morgan fingerprint density at radius 2 is 1.53 bits per heavy atom. The molecule has 1 N–H and O–H groups in total. The molecular formula is C27H32N2O6S. The number of aryl methyl sites for hydroxylation is 1. The molecular weight excluding hydrogens is 480 g/mol. The summed E-state index contributed by atoms with van der Waals surface area (Å²) in [6, 6.07) is 18.5. The van der Waals surface area contributed by atoms with Crippen LogP contribution in [0.2, 0.25) is 0 Å². The lowest BCUT2D eigenvalue weighted by Crippen LogP contribution is -2.40. The van der Waals surface area contributed by atoms with Gasteiger partial charge in [0.15, 0.2) is 11.5 Å². The van der Waals surface area contributed by atoms with E-state index in [4.69, 9.17) is 14.2 Å². The lowest BCUT2D eigenvalue weighted by molar-refractivity contribution is -0.119. The third-order valence-electron chi connectivity index (χ3n) is 5.35. The first-order chi connectivity index (χ1) is 17.3. The molecule has 8 nitrogen and oxygen atoms in total. The van der Waals surface area contributed by atoms with Gasteiger partial charge in [-0.05, 0) is 74.9 Å². The van der Waals surface area contributed by atoms with E-state index in [0.29, 0.717) is 36.1 Å². The fourth-order valence-electron chi connectivity index (χ4n) is 3.49. The van der Waals surface area contributed by atoms with E-state index in [1.165, 1.54) is 19.2 Å². The van der Waals surface area contributed by atoms with Crippen LogP contribution >= 0.6 is 0 Å². The number of nitrogens with one attached hydrogen (secondary N) is 1. The number of benzene rings is 3. The summed E-state index contributed by atoms with van der Waals surface area (Å²) >= 11 is 0. The maximum atomic E-state index is 13.5. The van der Waals surface area contributed by atoms with Crippen molar-refractivity contribution in [3.8, 4) is 17.2 Å². The Labute approximate surface area is 212 Å². The quantitative estimate of drug-likeness (QED) is 0.389. The van der Waals surface area contributed by atoms with Gasteiger partial charge in [-0.25, -0.2) is 8.42 Å². The molecule has 0 aliphatic rings. The van der Waals surface area contributed by atoms with Crippen molar-refractivity contribution in [2.45, 2.75) is 32.2 Å². The van der Waals surface area contributed by atoms with Crippen molar-refractivity contribution in [1.82, 2.24) is 5.32 Å². The van der Waals surface area contributed by atoms with E-state index in [1.54, 1.807) is 48.5 Å². The number of amides is 1. The van der Waals surface area contributed by atoms with Crippen molar-refractivity contribution in [2.24, 2.45) is 0 Å². The topological polar surface area (TPSA) is 94.2 Å². The molecule has 0 aliphatic carbocycles. The molecule has 9 heteroatoms. The summed E-state index contributed by atoms with van der Waals surface area (Å²) in [5.41, 5.74) is 2.09. The Morgan fingerprint density at radius 3 is 2.14 bits per heavy atom. The van der Waals surface area contributed by atoms with Gasteiger partial charge in [0.2, 0.25) is 5.91 Å². The zero-order valence-electron chi connectivity index (χ0n) is 21.0. The Hall–Kier alpha value is -3.72. The number of sulfonamides is 1. The average Bonchev–Trinajstić information content (AvgIpc) is 2.88. The highest BCUT2D eigenvalue weighted by Crippen LogP contribution is 2.29. The second-order valence-electron chi connectivity index (χ2n) is 7.95. The molecule has 0 saturated carbocycles. The first-order valence-electron chi connectivity index (χ1n) is 11.7. The second-order valence-corrected chi connectivity index (χ2v) is 9.81. The molecule has 0 fully saturated rings. The van der Waals surface area contributed by atoms with Crippen LogP contribution in [-0.4, -0.2) is 41.2 Å². The third kappa shape index (κ3) is 6.69. The van der Waals surface area contributed by atoms with E-state index >= 15 is 0 Å². The third-order valence-corrected chi connectivity index (χ3v) is 7.14. The summed E-state index contributed by atoms with van der Waals surface area (Å²) in [5.74, 6) is 1.35. The standard InChI is InChI=1S/C27H32N2O6S/c1-5-34-25-16-9-21(17-26(25)35-6-2)18-28-27(30)19-29(22-10-12-23(33-4)13-11-22)36(31,32)24-14-7-20(3)8-15-24/h7-17H,5-6,18-19H2,1-4H3,(H,28,30). The van der Waals surface area contributed by atoms with Crippen LogP contribution in [-0.2, 0) is 21.4 Å². The lowest BCUT2D eigenvalue weighted by Gasteiger charge is -2.24. The van der Waals surface area contributed by atoms with E-state index in [1.807, 2.05) is 26.8 Å². The minimum absolute atomic E-state index is 0.101. The van der Waals surface area contributed by atoms with Gasteiger partial charge >= 0.3 is 0 Å². The summed E-state index contributed by atoms with van der Waals surface area (Å²) < 4.78 is 44.5. The average molecular weight is 513 g/mol. The molecule has 36 heavy (non-hydrogen) atoms. The summed E-state index contributed by atoms with van der Waals surface area (Å²) in [7, 11) is -2.47. The first kappa shape index (κ1) is 26.9. The summed E-state index contributed by atoms with van der Waals surface area (Å²) in [4.78, 5) is 13.0. The van der Waals surface area contributed by atoms with Crippen molar-refractivity contribution in [2.75, 3.05) is 31.2 Å². The Kier molecular flexibility index (Phi) is 9.19. The molecule has 0 saturated heterocycles. The normalized spacial score (nSPS) is 11.0. The number of hydrogen-bond donors (Lipinski definition) is 1. The van der Waals surface area contributed by atoms with Crippen LogP contribution in [0.4, 0.5) is 5.69 Å². The van der Waals surface area contributed by atoms with Gasteiger partial charge in [0.1, 0.15) is 12.3 Å². The van der Waals surface area contributed by atoms with Gasteiger partial charge in [0.25, 0.3) is 10.0 Å². The minimum Gasteiger partial charge on any atom is -0.497 e. The van der Waals surface area contributed by atoms with Gasteiger partial charge in [-0.3, -0.25) is 9.10 Å². The van der Waals surface area contributed by atoms with Crippen molar-refractivity contribution < 1.29 is 27.4 Å². The number of hydrogen-bond acceptors (Lipinski definition) is 6. The lowest BCUT2D eigenvalue weighted by atomic mass is 10.2. The molecule has 3 aromatic carbocycles. The number of carbonyl (C=O) groups is 1. The van der Waals surface area contributed by atoms with Crippen LogP contribution in [0.25, 0.3) is 0 Å². The Balaban J connectivity index is 1.81. The van der Waals surface area contributed by atoms with Crippen LogP contribution < -0.4 is 23.8 Å². The van der Waals surface area contributed by atoms with Gasteiger partial charge in [0.05, 0.1) is 30.9 Å². The smallest absolute Gasteiger partial charge is 0.264 e. The number of ether oxygens (including phenoxy) is 3. The summed E-state index contributed by atoms with van der Waals surface area (Å²) in [5, 5.41) is 2.81. The molecule has 0 heterocycles. The molecule has 1 amide bonds.